The number of rotatable bonds is 3. The van der Waals surface area contributed by atoms with Crippen LogP contribution < -0.4 is 5.32 Å². The first-order chi connectivity index (χ1) is 8.68. The van der Waals surface area contributed by atoms with Gasteiger partial charge in [-0.25, -0.2) is 0 Å². The number of carboxylic acid groups (broad SMARTS) is 1. The fourth-order valence-electron chi connectivity index (χ4n) is 2.17. The highest BCUT2D eigenvalue weighted by atomic mass is 16.4. The Balaban J connectivity index is 3.28. The van der Waals surface area contributed by atoms with Crippen LogP contribution in [0.5, 0.6) is 0 Å². The standard InChI is InChI=1S/C15H21NO3/c1-7-8(2)10(4)13(11(5)9(7)3)14(17)16-12(6)15(18)19/h12H,1-6H3,(H,16,17)(H,18,19). The average Bonchev–Trinajstić information content (AvgIpc) is 2.34. The normalized spacial score (nSPS) is 12.1. The van der Waals surface area contributed by atoms with E-state index in [1.807, 2.05) is 34.6 Å². The van der Waals surface area contributed by atoms with Gasteiger partial charge in [0, 0.05) is 5.56 Å². The van der Waals surface area contributed by atoms with Gasteiger partial charge >= 0.3 is 5.97 Å². The van der Waals surface area contributed by atoms with Crippen LogP contribution in [-0.4, -0.2) is 23.0 Å². The van der Waals surface area contributed by atoms with E-state index in [0.717, 1.165) is 22.3 Å². The topological polar surface area (TPSA) is 66.4 Å². The second-order valence-electron chi connectivity index (χ2n) is 5.03. The van der Waals surface area contributed by atoms with Crippen molar-refractivity contribution in [2.45, 2.75) is 47.6 Å². The average molecular weight is 263 g/mol. The lowest BCUT2D eigenvalue weighted by Gasteiger charge is -2.19. The number of hydrogen-bond acceptors (Lipinski definition) is 2. The third-order valence-corrected chi connectivity index (χ3v) is 3.95. The van der Waals surface area contributed by atoms with Crippen LogP contribution >= 0.6 is 0 Å². The number of carboxylic acids is 1. The molecule has 104 valence electrons. The molecule has 0 spiro atoms. The third kappa shape index (κ3) is 2.78. The van der Waals surface area contributed by atoms with E-state index in [-0.39, 0.29) is 5.91 Å². The first kappa shape index (κ1) is 15.2. The van der Waals surface area contributed by atoms with Crippen LogP contribution in [0.3, 0.4) is 0 Å². The van der Waals surface area contributed by atoms with Crippen LogP contribution in [0.15, 0.2) is 0 Å². The summed E-state index contributed by atoms with van der Waals surface area (Å²) in [7, 11) is 0. The summed E-state index contributed by atoms with van der Waals surface area (Å²) in [6.45, 7) is 11.2. The van der Waals surface area contributed by atoms with Crippen molar-refractivity contribution in [2.75, 3.05) is 0 Å². The first-order valence-electron chi connectivity index (χ1n) is 6.29. The Morgan fingerprint density at radius 3 is 1.63 bits per heavy atom. The van der Waals surface area contributed by atoms with Crippen LogP contribution in [0.2, 0.25) is 0 Å². The first-order valence-corrected chi connectivity index (χ1v) is 6.29. The molecule has 1 unspecified atom stereocenters. The van der Waals surface area contributed by atoms with Crippen molar-refractivity contribution in [3.8, 4) is 0 Å². The molecule has 1 aromatic carbocycles. The molecular formula is C15H21NO3. The highest BCUT2D eigenvalue weighted by Crippen LogP contribution is 2.25. The largest absolute Gasteiger partial charge is 0.480 e. The van der Waals surface area contributed by atoms with Crippen molar-refractivity contribution >= 4 is 11.9 Å². The second-order valence-corrected chi connectivity index (χ2v) is 5.03. The van der Waals surface area contributed by atoms with Gasteiger partial charge < -0.3 is 10.4 Å². The summed E-state index contributed by atoms with van der Waals surface area (Å²) in [4.78, 5) is 23.1. The molecule has 0 saturated carbocycles. The van der Waals surface area contributed by atoms with Crippen molar-refractivity contribution in [2.24, 2.45) is 0 Å². The quantitative estimate of drug-likeness (QED) is 0.880. The fourth-order valence-corrected chi connectivity index (χ4v) is 2.17. The lowest BCUT2D eigenvalue weighted by molar-refractivity contribution is -0.138. The summed E-state index contributed by atoms with van der Waals surface area (Å²) in [6, 6.07) is -0.895. The molecule has 2 N–H and O–H groups in total. The maximum absolute atomic E-state index is 12.2. The van der Waals surface area contributed by atoms with E-state index < -0.39 is 12.0 Å². The Labute approximate surface area is 113 Å². The minimum absolute atomic E-state index is 0.323. The van der Waals surface area contributed by atoms with Crippen LogP contribution in [0.1, 0.15) is 45.1 Å². The molecule has 1 aromatic rings. The molecule has 0 radical (unpaired) electrons. The monoisotopic (exact) mass is 263 g/mol. The van der Waals surface area contributed by atoms with Crippen LogP contribution in [-0.2, 0) is 4.79 Å². The van der Waals surface area contributed by atoms with Gasteiger partial charge in [0.2, 0.25) is 0 Å². The SMILES string of the molecule is Cc1c(C)c(C)c(C(=O)NC(C)C(=O)O)c(C)c1C. The van der Waals surface area contributed by atoms with Crippen LogP contribution in [0, 0.1) is 34.6 Å². The van der Waals surface area contributed by atoms with Gasteiger partial charge in [0.1, 0.15) is 6.04 Å². The van der Waals surface area contributed by atoms with Crippen LogP contribution in [0.25, 0.3) is 0 Å². The molecule has 0 aliphatic carbocycles. The Hall–Kier alpha value is -1.84. The van der Waals surface area contributed by atoms with Gasteiger partial charge in [-0.1, -0.05) is 0 Å². The lowest BCUT2D eigenvalue weighted by Crippen LogP contribution is -2.39. The van der Waals surface area contributed by atoms with E-state index in [2.05, 4.69) is 5.32 Å². The van der Waals surface area contributed by atoms with Crippen molar-refractivity contribution in [3.05, 3.63) is 33.4 Å². The van der Waals surface area contributed by atoms with Crippen molar-refractivity contribution in [1.29, 1.82) is 0 Å². The maximum Gasteiger partial charge on any atom is 0.325 e. The molecule has 1 rings (SSSR count). The molecule has 19 heavy (non-hydrogen) atoms. The van der Waals surface area contributed by atoms with Gasteiger partial charge in [0.25, 0.3) is 5.91 Å². The maximum atomic E-state index is 12.2. The number of aliphatic carboxylic acids is 1. The van der Waals surface area contributed by atoms with Gasteiger partial charge in [-0.15, -0.1) is 0 Å². The zero-order valence-electron chi connectivity index (χ0n) is 12.3. The van der Waals surface area contributed by atoms with Crippen molar-refractivity contribution < 1.29 is 14.7 Å². The fraction of sp³-hybridized carbons (Fsp3) is 0.467. The number of hydrogen-bond donors (Lipinski definition) is 2. The number of carbonyl (C=O) groups is 2. The highest BCUT2D eigenvalue weighted by molar-refractivity contribution is 5.99. The highest BCUT2D eigenvalue weighted by Gasteiger charge is 2.21. The molecule has 0 aliphatic rings. The Morgan fingerprint density at radius 1 is 0.895 bits per heavy atom. The van der Waals surface area contributed by atoms with E-state index in [4.69, 9.17) is 5.11 Å². The van der Waals surface area contributed by atoms with Gasteiger partial charge in [-0.05, 0) is 69.4 Å². The van der Waals surface area contributed by atoms with E-state index in [1.54, 1.807) is 0 Å². The Morgan fingerprint density at radius 2 is 1.26 bits per heavy atom. The number of amides is 1. The van der Waals surface area contributed by atoms with E-state index in [0.29, 0.717) is 5.56 Å². The minimum atomic E-state index is -1.04. The summed E-state index contributed by atoms with van der Waals surface area (Å²) in [5.41, 5.74) is 5.75. The molecule has 1 atom stereocenters. The summed E-state index contributed by atoms with van der Waals surface area (Å²) < 4.78 is 0. The zero-order valence-corrected chi connectivity index (χ0v) is 12.3. The van der Waals surface area contributed by atoms with Gasteiger partial charge in [0.05, 0.1) is 0 Å². The lowest BCUT2D eigenvalue weighted by atomic mass is 9.89. The summed E-state index contributed by atoms with van der Waals surface area (Å²) in [5, 5.41) is 11.4. The predicted molar refractivity (Wildman–Crippen MR) is 74.7 cm³/mol. The molecule has 0 fully saturated rings. The van der Waals surface area contributed by atoms with Gasteiger partial charge in [0.15, 0.2) is 0 Å². The summed E-state index contributed by atoms with van der Waals surface area (Å²) >= 11 is 0. The molecule has 4 heteroatoms. The minimum Gasteiger partial charge on any atom is -0.480 e. The molecule has 0 saturated heterocycles. The van der Waals surface area contributed by atoms with Gasteiger partial charge in [-0.2, -0.15) is 0 Å². The van der Waals surface area contributed by atoms with E-state index >= 15 is 0 Å². The van der Waals surface area contributed by atoms with E-state index in [9.17, 15) is 9.59 Å². The van der Waals surface area contributed by atoms with Crippen molar-refractivity contribution in [3.63, 3.8) is 0 Å². The summed E-state index contributed by atoms with van der Waals surface area (Å²) in [6.07, 6.45) is 0. The smallest absolute Gasteiger partial charge is 0.325 e. The molecule has 0 aliphatic heterocycles. The number of carbonyl (C=O) groups excluding carboxylic acids is 1. The number of benzene rings is 1. The molecule has 0 aromatic heterocycles. The molecule has 1 amide bonds. The molecular weight excluding hydrogens is 242 g/mol. The van der Waals surface area contributed by atoms with E-state index in [1.165, 1.54) is 12.5 Å². The molecule has 0 heterocycles. The Bertz CT molecular complexity index is 518. The summed E-state index contributed by atoms with van der Waals surface area (Å²) in [5.74, 6) is -1.36. The third-order valence-electron chi connectivity index (χ3n) is 3.95. The second kappa shape index (κ2) is 5.43. The van der Waals surface area contributed by atoms with Crippen molar-refractivity contribution in [1.82, 2.24) is 5.32 Å². The van der Waals surface area contributed by atoms with Crippen LogP contribution in [0.4, 0.5) is 0 Å². The van der Waals surface area contributed by atoms with Gasteiger partial charge in [-0.3, -0.25) is 9.59 Å². The molecule has 4 nitrogen and oxygen atoms in total. The predicted octanol–water partition coefficient (Wildman–Crippen LogP) is 2.43. The zero-order chi connectivity index (χ0) is 14.9. The molecule has 0 bridgehead atoms. The Kier molecular flexibility index (Phi) is 4.35. The number of nitrogens with one attached hydrogen (secondary N) is 1.